The fourth-order valence-electron chi connectivity index (χ4n) is 1.72. The Kier molecular flexibility index (Phi) is 2.95. The Morgan fingerprint density at radius 2 is 2.06 bits per heavy atom. The molecule has 1 aromatic carbocycles. The van der Waals surface area contributed by atoms with E-state index in [-0.39, 0.29) is 5.91 Å². The van der Waals surface area contributed by atoms with E-state index in [1.165, 1.54) is 5.39 Å². The number of carbonyl (C=O) groups is 1. The fraction of sp³-hybridized carbons (Fsp3) is 0.308. The van der Waals surface area contributed by atoms with Crippen LogP contribution in [0.3, 0.4) is 0 Å². The van der Waals surface area contributed by atoms with Crippen LogP contribution in [0.1, 0.15) is 6.92 Å². The summed E-state index contributed by atoms with van der Waals surface area (Å²) in [6, 6.07) is 10.1. The van der Waals surface area contributed by atoms with Gasteiger partial charge in [0, 0.05) is 25.3 Å². The largest absolute Gasteiger partial charge is 0.344 e. The number of hydrogen-bond donors (Lipinski definition) is 0. The number of nitrogens with zero attached hydrogens (tertiary/aromatic N) is 2. The van der Waals surface area contributed by atoms with Gasteiger partial charge in [-0.15, -0.1) is 0 Å². The summed E-state index contributed by atoms with van der Waals surface area (Å²) < 4.78 is 1.99. The predicted octanol–water partition coefficient (Wildman–Crippen LogP) is 2.12. The van der Waals surface area contributed by atoms with Crippen LogP contribution in [0.5, 0.6) is 0 Å². The number of benzene rings is 1. The molecule has 2 aromatic rings. The van der Waals surface area contributed by atoms with E-state index in [9.17, 15) is 4.79 Å². The molecule has 2 rings (SSSR count). The molecule has 0 saturated heterocycles. The van der Waals surface area contributed by atoms with Gasteiger partial charge in [0.1, 0.15) is 6.54 Å². The van der Waals surface area contributed by atoms with Crippen molar-refractivity contribution in [2.75, 3.05) is 13.6 Å². The molecule has 0 aliphatic rings. The third-order valence-electron chi connectivity index (χ3n) is 2.89. The van der Waals surface area contributed by atoms with E-state index < -0.39 is 0 Å². The maximum atomic E-state index is 11.8. The van der Waals surface area contributed by atoms with E-state index in [0.29, 0.717) is 6.54 Å². The zero-order valence-electron chi connectivity index (χ0n) is 9.68. The Morgan fingerprint density at radius 1 is 1.31 bits per heavy atom. The number of fused-ring (bicyclic) bond motifs is 1. The van der Waals surface area contributed by atoms with E-state index in [2.05, 4.69) is 6.07 Å². The van der Waals surface area contributed by atoms with Gasteiger partial charge in [0.15, 0.2) is 0 Å². The van der Waals surface area contributed by atoms with E-state index in [1.807, 2.05) is 49.0 Å². The Bertz CT molecular complexity index is 501. The number of aromatic nitrogens is 1. The lowest BCUT2D eigenvalue weighted by Crippen LogP contribution is -2.29. The second kappa shape index (κ2) is 4.39. The fourth-order valence-corrected chi connectivity index (χ4v) is 1.72. The Morgan fingerprint density at radius 3 is 2.81 bits per heavy atom. The highest BCUT2D eigenvalue weighted by molar-refractivity contribution is 5.83. The standard InChI is InChI=1S/C13H16N2O/c1-3-14(2)13(16)10-15-9-8-11-6-4-5-7-12(11)15/h4-9H,3,10H2,1-2H3. The summed E-state index contributed by atoms with van der Waals surface area (Å²) in [7, 11) is 1.83. The van der Waals surface area contributed by atoms with Crippen LogP contribution in [0.15, 0.2) is 36.5 Å². The highest BCUT2D eigenvalue weighted by Gasteiger charge is 2.08. The molecule has 0 spiro atoms. The predicted molar refractivity (Wildman–Crippen MR) is 65.2 cm³/mol. The van der Waals surface area contributed by atoms with Crippen molar-refractivity contribution in [3.8, 4) is 0 Å². The van der Waals surface area contributed by atoms with Gasteiger partial charge in [-0.05, 0) is 24.4 Å². The van der Waals surface area contributed by atoms with Crippen LogP contribution in [0.4, 0.5) is 0 Å². The van der Waals surface area contributed by atoms with Crippen LogP contribution in [-0.4, -0.2) is 29.0 Å². The van der Waals surface area contributed by atoms with E-state index in [4.69, 9.17) is 0 Å². The summed E-state index contributed by atoms with van der Waals surface area (Å²) >= 11 is 0. The first-order valence-corrected chi connectivity index (χ1v) is 5.50. The van der Waals surface area contributed by atoms with Crippen molar-refractivity contribution in [2.24, 2.45) is 0 Å². The van der Waals surface area contributed by atoms with Crippen LogP contribution in [0.25, 0.3) is 10.9 Å². The first-order valence-electron chi connectivity index (χ1n) is 5.50. The highest BCUT2D eigenvalue weighted by Crippen LogP contribution is 2.14. The zero-order chi connectivity index (χ0) is 11.5. The lowest BCUT2D eigenvalue weighted by molar-refractivity contribution is -0.130. The average molecular weight is 216 g/mol. The number of hydrogen-bond acceptors (Lipinski definition) is 1. The highest BCUT2D eigenvalue weighted by atomic mass is 16.2. The van der Waals surface area contributed by atoms with Crippen molar-refractivity contribution in [3.05, 3.63) is 36.5 Å². The quantitative estimate of drug-likeness (QED) is 0.771. The second-order valence-corrected chi connectivity index (χ2v) is 3.91. The summed E-state index contributed by atoms with van der Waals surface area (Å²) in [5.74, 6) is 0.142. The van der Waals surface area contributed by atoms with Crippen LogP contribution in [-0.2, 0) is 11.3 Å². The molecule has 84 valence electrons. The van der Waals surface area contributed by atoms with Crippen molar-refractivity contribution in [3.63, 3.8) is 0 Å². The lowest BCUT2D eigenvalue weighted by Gasteiger charge is -2.15. The van der Waals surface area contributed by atoms with Gasteiger partial charge in [0.2, 0.25) is 5.91 Å². The van der Waals surface area contributed by atoms with Crippen LogP contribution >= 0.6 is 0 Å². The summed E-state index contributed by atoms with van der Waals surface area (Å²) in [4.78, 5) is 13.5. The summed E-state index contributed by atoms with van der Waals surface area (Å²) in [5, 5.41) is 1.18. The average Bonchev–Trinajstić information content (AvgIpc) is 2.72. The van der Waals surface area contributed by atoms with Crippen LogP contribution < -0.4 is 0 Å². The summed E-state index contributed by atoms with van der Waals surface area (Å²) in [6.07, 6.45) is 1.96. The molecule has 0 unspecified atom stereocenters. The van der Waals surface area contributed by atoms with Crippen LogP contribution in [0.2, 0.25) is 0 Å². The molecule has 0 bridgehead atoms. The maximum absolute atomic E-state index is 11.8. The number of likely N-dealkylation sites (N-methyl/N-ethyl adjacent to an activating group) is 1. The Labute approximate surface area is 95.3 Å². The van der Waals surface area contributed by atoms with Crippen molar-refractivity contribution in [1.29, 1.82) is 0 Å². The van der Waals surface area contributed by atoms with Gasteiger partial charge in [-0.1, -0.05) is 18.2 Å². The van der Waals surface area contributed by atoms with Crippen molar-refractivity contribution < 1.29 is 4.79 Å². The number of amides is 1. The molecule has 0 N–H and O–H groups in total. The SMILES string of the molecule is CCN(C)C(=O)Cn1ccc2ccccc21. The molecule has 1 heterocycles. The van der Waals surface area contributed by atoms with E-state index in [0.717, 1.165) is 12.1 Å². The minimum absolute atomic E-state index is 0.142. The minimum Gasteiger partial charge on any atom is -0.344 e. The Balaban J connectivity index is 2.25. The monoisotopic (exact) mass is 216 g/mol. The number of para-hydroxylation sites is 1. The molecule has 0 atom stereocenters. The molecule has 1 amide bonds. The van der Waals surface area contributed by atoms with E-state index >= 15 is 0 Å². The summed E-state index contributed by atoms with van der Waals surface area (Å²) in [5.41, 5.74) is 1.11. The minimum atomic E-state index is 0.142. The topological polar surface area (TPSA) is 25.2 Å². The molecule has 0 radical (unpaired) electrons. The van der Waals surface area contributed by atoms with Gasteiger partial charge in [0.25, 0.3) is 0 Å². The normalized spacial score (nSPS) is 10.6. The van der Waals surface area contributed by atoms with E-state index in [1.54, 1.807) is 4.90 Å². The molecule has 3 nitrogen and oxygen atoms in total. The molecule has 1 aromatic heterocycles. The van der Waals surface area contributed by atoms with Crippen molar-refractivity contribution in [1.82, 2.24) is 9.47 Å². The Hall–Kier alpha value is -1.77. The number of rotatable bonds is 3. The zero-order valence-corrected chi connectivity index (χ0v) is 9.68. The van der Waals surface area contributed by atoms with Gasteiger partial charge >= 0.3 is 0 Å². The van der Waals surface area contributed by atoms with Crippen LogP contribution in [0, 0.1) is 0 Å². The first-order chi connectivity index (χ1) is 7.72. The summed E-state index contributed by atoms with van der Waals surface area (Å²) in [6.45, 7) is 3.14. The second-order valence-electron chi connectivity index (χ2n) is 3.91. The molecular weight excluding hydrogens is 200 g/mol. The number of carbonyl (C=O) groups excluding carboxylic acids is 1. The molecule has 3 heteroatoms. The van der Waals surface area contributed by atoms with Gasteiger partial charge in [-0.3, -0.25) is 4.79 Å². The lowest BCUT2D eigenvalue weighted by atomic mass is 10.2. The molecule has 0 saturated carbocycles. The van der Waals surface area contributed by atoms with Gasteiger partial charge < -0.3 is 9.47 Å². The smallest absolute Gasteiger partial charge is 0.242 e. The van der Waals surface area contributed by atoms with Gasteiger partial charge in [0.05, 0.1) is 0 Å². The molecule has 16 heavy (non-hydrogen) atoms. The van der Waals surface area contributed by atoms with Crippen molar-refractivity contribution in [2.45, 2.75) is 13.5 Å². The van der Waals surface area contributed by atoms with Crippen molar-refractivity contribution >= 4 is 16.8 Å². The molecule has 0 aliphatic carbocycles. The van der Waals surface area contributed by atoms with Gasteiger partial charge in [-0.2, -0.15) is 0 Å². The molecular formula is C13H16N2O. The molecule has 0 aliphatic heterocycles. The third kappa shape index (κ3) is 1.94. The first kappa shape index (κ1) is 10.7. The third-order valence-corrected chi connectivity index (χ3v) is 2.89. The van der Waals surface area contributed by atoms with Gasteiger partial charge in [-0.25, -0.2) is 0 Å². The maximum Gasteiger partial charge on any atom is 0.242 e. The molecule has 0 fully saturated rings.